The van der Waals surface area contributed by atoms with E-state index in [1.807, 2.05) is 6.92 Å². The summed E-state index contributed by atoms with van der Waals surface area (Å²) >= 11 is 0. The predicted molar refractivity (Wildman–Crippen MR) is 162 cm³/mol. The average molecular weight is 542 g/mol. The second kappa shape index (κ2) is 12.0. The molecule has 5 heteroatoms. The predicted octanol–water partition coefficient (Wildman–Crippen LogP) is 7.56. The molecule has 0 aliphatic carbocycles. The lowest BCUT2D eigenvalue weighted by Crippen LogP contribution is -2.55. The Morgan fingerprint density at radius 1 is 0.872 bits per heavy atom. The lowest BCUT2D eigenvalue weighted by molar-refractivity contribution is -0.137. The van der Waals surface area contributed by atoms with E-state index in [4.69, 9.17) is 9.16 Å². The maximum Gasteiger partial charge on any atom is 0.330 e. The highest BCUT2D eigenvalue weighted by Crippen LogP contribution is 2.45. The van der Waals surface area contributed by atoms with Crippen molar-refractivity contribution in [3.63, 3.8) is 0 Å². The lowest BCUT2D eigenvalue weighted by atomic mass is 9.74. The summed E-state index contributed by atoms with van der Waals surface area (Å²) in [5, 5.41) is 0.0705. The van der Waals surface area contributed by atoms with Gasteiger partial charge in [-0.25, -0.2) is 4.79 Å². The van der Waals surface area contributed by atoms with Crippen molar-refractivity contribution < 1.29 is 14.0 Å². The number of benzene rings is 3. The van der Waals surface area contributed by atoms with Gasteiger partial charge >= 0.3 is 5.97 Å². The monoisotopic (exact) mass is 541 g/mol. The number of piperidine rings is 1. The third kappa shape index (κ3) is 6.11. The molecule has 0 radical (unpaired) electrons. The number of carbonyl (C=O) groups excluding carboxylic acids is 1. The zero-order valence-electron chi connectivity index (χ0n) is 24.3. The van der Waals surface area contributed by atoms with E-state index in [0.717, 1.165) is 18.5 Å². The van der Waals surface area contributed by atoms with Crippen LogP contribution in [0.3, 0.4) is 0 Å². The normalized spacial score (nSPS) is 18.2. The number of nitrogens with zero attached hydrogens (tertiary/aromatic N) is 1. The van der Waals surface area contributed by atoms with Crippen LogP contribution in [0.4, 0.5) is 0 Å². The molecular formula is C34H43NO3Si. The van der Waals surface area contributed by atoms with Gasteiger partial charge in [0.25, 0.3) is 0 Å². The third-order valence-corrected chi connectivity index (χ3v) is 12.8. The average Bonchev–Trinajstić information content (AvgIpc) is 2.92. The SMILES string of the molecule is CCOC(=O)/C=C1\CN(C(c2ccccc2)(c2ccccc2)c2ccccc2)CCC1O[Si](C)(C)C(C)(C)C. The first-order valence-electron chi connectivity index (χ1n) is 14.1. The van der Waals surface area contributed by atoms with Crippen molar-refractivity contribution in [3.05, 3.63) is 119 Å². The highest BCUT2D eigenvalue weighted by atomic mass is 28.4. The summed E-state index contributed by atoms with van der Waals surface area (Å²) in [5.41, 5.74) is 4.03. The van der Waals surface area contributed by atoms with Crippen LogP contribution in [0, 0.1) is 0 Å². The van der Waals surface area contributed by atoms with E-state index in [0.29, 0.717) is 13.2 Å². The van der Waals surface area contributed by atoms with Crippen LogP contribution < -0.4 is 0 Å². The Bertz CT molecular complexity index is 1150. The second-order valence-corrected chi connectivity index (χ2v) is 16.6. The van der Waals surface area contributed by atoms with E-state index < -0.39 is 13.9 Å². The molecule has 1 aliphatic heterocycles. The number of carbonyl (C=O) groups is 1. The van der Waals surface area contributed by atoms with Crippen molar-refractivity contribution in [3.8, 4) is 0 Å². The topological polar surface area (TPSA) is 38.8 Å². The van der Waals surface area contributed by atoms with Crippen LogP contribution in [0.2, 0.25) is 18.1 Å². The molecule has 4 nitrogen and oxygen atoms in total. The van der Waals surface area contributed by atoms with Crippen LogP contribution >= 0.6 is 0 Å². The van der Waals surface area contributed by atoms with Crippen LogP contribution in [0.15, 0.2) is 103 Å². The number of rotatable bonds is 8. The molecule has 1 aliphatic rings. The van der Waals surface area contributed by atoms with Crippen molar-refractivity contribution in [1.82, 2.24) is 4.90 Å². The van der Waals surface area contributed by atoms with E-state index in [9.17, 15) is 4.79 Å². The Kier molecular flexibility index (Phi) is 8.95. The molecule has 0 bridgehead atoms. The van der Waals surface area contributed by atoms with E-state index in [-0.39, 0.29) is 17.1 Å². The van der Waals surface area contributed by atoms with Gasteiger partial charge in [-0.05, 0) is 53.7 Å². The third-order valence-electron chi connectivity index (χ3n) is 8.33. The summed E-state index contributed by atoms with van der Waals surface area (Å²) in [5.74, 6) is -0.303. The van der Waals surface area contributed by atoms with Gasteiger partial charge in [-0.15, -0.1) is 0 Å². The molecule has 0 amide bonds. The van der Waals surface area contributed by atoms with Crippen LogP contribution in [0.25, 0.3) is 0 Å². The number of hydrogen-bond acceptors (Lipinski definition) is 4. The molecule has 3 aromatic rings. The summed E-state index contributed by atoms with van der Waals surface area (Å²) in [6.45, 7) is 14.9. The molecule has 1 heterocycles. The molecule has 206 valence electrons. The largest absolute Gasteiger partial charge is 0.463 e. The highest BCUT2D eigenvalue weighted by Gasteiger charge is 2.46. The number of esters is 1. The molecule has 4 rings (SSSR count). The summed E-state index contributed by atoms with van der Waals surface area (Å²) in [6.07, 6.45) is 2.37. The maximum absolute atomic E-state index is 12.8. The minimum atomic E-state index is -2.07. The van der Waals surface area contributed by atoms with Gasteiger partial charge in [0.15, 0.2) is 8.32 Å². The highest BCUT2D eigenvalue weighted by molar-refractivity contribution is 6.74. The molecule has 1 fully saturated rings. The Hall–Kier alpha value is -2.99. The molecule has 0 spiro atoms. The minimum absolute atomic E-state index is 0.0705. The van der Waals surface area contributed by atoms with Crippen LogP contribution in [-0.2, 0) is 19.5 Å². The van der Waals surface area contributed by atoms with Gasteiger partial charge in [0.05, 0.1) is 18.2 Å². The van der Waals surface area contributed by atoms with Crippen LogP contribution in [0.5, 0.6) is 0 Å². The Labute approximate surface area is 235 Å². The smallest absolute Gasteiger partial charge is 0.330 e. The van der Waals surface area contributed by atoms with Gasteiger partial charge < -0.3 is 9.16 Å². The van der Waals surface area contributed by atoms with Gasteiger partial charge in [0, 0.05) is 19.2 Å². The maximum atomic E-state index is 12.8. The first-order valence-corrected chi connectivity index (χ1v) is 17.0. The molecule has 0 aromatic heterocycles. The van der Waals surface area contributed by atoms with Gasteiger partial charge in [-0.3, -0.25) is 4.90 Å². The fraction of sp³-hybridized carbons (Fsp3) is 0.382. The Morgan fingerprint density at radius 2 is 1.33 bits per heavy atom. The number of ether oxygens (including phenoxy) is 1. The standard InChI is InChI=1S/C34H43NO3Si/c1-7-37-32(36)25-27-26-35(24-23-31(27)38-39(5,6)33(2,3)4)34(28-17-11-8-12-18-28,29-19-13-9-14-20-29)30-21-15-10-16-22-30/h8-22,25,31H,7,23-24,26H2,1-6H3/b27-25+. The van der Waals surface area contributed by atoms with Crippen molar-refractivity contribution in [2.24, 2.45) is 0 Å². The van der Waals surface area contributed by atoms with E-state index >= 15 is 0 Å². The fourth-order valence-electron chi connectivity index (χ4n) is 5.37. The summed E-state index contributed by atoms with van der Waals surface area (Å²) in [7, 11) is -2.07. The van der Waals surface area contributed by atoms with E-state index in [2.05, 4.69) is 130 Å². The summed E-state index contributed by atoms with van der Waals surface area (Å²) < 4.78 is 12.3. The van der Waals surface area contributed by atoms with Gasteiger partial charge in [-0.1, -0.05) is 112 Å². The summed E-state index contributed by atoms with van der Waals surface area (Å²) in [4.78, 5) is 15.3. The lowest BCUT2D eigenvalue weighted by Gasteiger charge is -2.50. The first kappa shape index (κ1) is 29.0. The van der Waals surface area contributed by atoms with Crippen molar-refractivity contribution >= 4 is 14.3 Å². The molecule has 0 N–H and O–H groups in total. The van der Waals surface area contributed by atoms with E-state index in [1.54, 1.807) is 6.08 Å². The Balaban J connectivity index is 1.87. The van der Waals surface area contributed by atoms with E-state index in [1.165, 1.54) is 16.7 Å². The molecule has 1 saturated heterocycles. The van der Waals surface area contributed by atoms with Gasteiger partial charge in [-0.2, -0.15) is 0 Å². The zero-order valence-corrected chi connectivity index (χ0v) is 25.3. The Morgan fingerprint density at radius 3 is 1.74 bits per heavy atom. The van der Waals surface area contributed by atoms with Gasteiger partial charge in [0.2, 0.25) is 0 Å². The zero-order chi connectivity index (χ0) is 28.1. The van der Waals surface area contributed by atoms with Crippen LogP contribution in [-0.4, -0.2) is 45.0 Å². The number of hydrogen-bond donors (Lipinski definition) is 0. The minimum Gasteiger partial charge on any atom is -0.463 e. The molecular weight excluding hydrogens is 498 g/mol. The fourth-order valence-corrected chi connectivity index (χ4v) is 6.71. The van der Waals surface area contributed by atoms with Crippen molar-refractivity contribution in [1.29, 1.82) is 0 Å². The summed E-state index contributed by atoms with van der Waals surface area (Å²) in [6, 6.07) is 32.1. The molecule has 39 heavy (non-hydrogen) atoms. The quantitative estimate of drug-likeness (QED) is 0.128. The van der Waals surface area contributed by atoms with Crippen molar-refractivity contribution in [2.75, 3.05) is 19.7 Å². The van der Waals surface area contributed by atoms with Crippen molar-refractivity contribution in [2.45, 2.75) is 63.9 Å². The molecule has 1 unspecified atom stereocenters. The molecule has 0 saturated carbocycles. The molecule has 3 aromatic carbocycles. The van der Waals surface area contributed by atoms with Gasteiger partial charge in [0.1, 0.15) is 0 Å². The molecule has 1 atom stereocenters. The van der Waals surface area contributed by atoms with Crippen LogP contribution in [0.1, 0.15) is 50.8 Å². The second-order valence-electron chi connectivity index (χ2n) is 11.9. The first-order chi connectivity index (χ1) is 18.6. The number of likely N-dealkylation sites (tertiary alicyclic amines) is 1.